The first-order chi connectivity index (χ1) is 9.73. The van der Waals surface area contributed by atoms with E-state index in [1.165, 1.54) is 29.4 Å². The summed E-state index contributed by atoms with van der Waals surface area (Å²) in [6, 6.07) is 5.81. The number of nitrogens with zero attached hydrogens (tertiary/aromatic N) is 1. The molecule has 0 bridgehead atoms. The van der Waals surface area contributed by atoms with Crippen molar-refractivity contribution in [2.24, 2.45) is 11.8 Å². The maximum atomic E-state index is 12.5. The number of Topliss-reactive ketones (excluding diaryl/α,β-unsaturated/α-hetero) is 1. The molecule has 0 aliphatic carbocycles. The lowest BCUT2D eigenvalue weighted by Gasteiger charge is -2.16. The molecule has 0 radical (unpaired) electrons. The topological polar surface area (TPSA) is 91.8 Å². The number of ketones is 1. The van der Waals surface area contributed by atoms with Crippen LogP contribution in [0, 0.1) is 11.8 Å². The van der Waals surface area contributed by atoms with E-state index >= 15 is 0 Å². The maximum absolute atomic E-state index is 12.5. The van der Waals surface area contributed by atoms with Gasteiger partial charge >= 0.3 is 5.97 Å². The molecule has 0 saturated carbocycles. The number of carboxylic acid groups (broad SMARTS) is 1. The largest absolute Gasteiger partial charge is 0.481 e. The molecule has 1 aliphatic heterocycles. The summed E-state index contributed by atoms with van der Waals surface area (Å²) in [7, 11) is -3.78. The smallest absolute Gasteiger partial charge is 0.308 e. The molecule has 1 fully saturated rings. The second kappa shape index (κ2) is 5.57. The van der Waals surface area contributed by atoms with Crippen molar-refractivity contribution in [1.82, 2.24) is 4.31 Å². The predicted molar refractivity (Wildman–Crippen MR) is 75.5 cm³/mol. The first-order valence-electron chi connectivity index (χ1n) is 6.57. The Kier molecular flexibility index (Phi) is 4.15. The second-order valence-electron chi connectivity index (χ2n) is 5.33. The van der Waals surface area contributed by atoms with E-state index in [1.54, 1.807) is 13.0 Å². The Labute approximate surface area is 123 Å². The zero-order chi connectivity index (χ0) is 15.8. The van der Waals surface area contributed by atoms with Crippen molar-refractivity contribution in [3.05, 3.63) is 29.8 Å². The van der Waals surface area contributed by atoms with Crippen LogP contribution in [-0.4, -0.2) is 42.7 Å². The summed E-state index contributed by atoms with van der Waals surface area (Å²) in [4.78, 5) is 22.5. The molecule has 1 heterocycles. The molecule has 21 heavy (non-hydrogen) atoms. The van der Waals surface area contributed by atoms with Crippen LogP contribution < -0.4 is 0 Å². The van der Waals surface area contributed by atoms with Gasteiger partial charge in [0.1, 0.15) is 0 Å². The Morgan fingerprint density at radius 3 is 2.48 bits per heavy atom. The van der Waals surface area contributed by atoms with Gasteiger partial charge in [-0.2, -0.15) is 4.31 Å². The highest BCUT2D eigenvalue weighted by Crippen LogP contribution is 2.29. The number of aliphatic carboxylic acids is 1. The predicted octanol–water partition coefficient (Wildman–Crippen LogP) is 1.23. The third-order valence-corrected chi connectivity index (χ3v) is 5.60. The number of hydrogen-bond acceptors (Lipinski definition) is 4. The summed E-state index contributed by atoms with van der Waals surface area (Å²) in [5.74, 6) is -2.15. The highest BCUT2D eigenvalue weighted by Gasteiger charge is 2.40. The first kappa shape index (κ1) is 15.7. The van der Waals surface area contributed by atoms with Crippen LogP contribution in [0.5, 0.6) is 0 Å². The van der Waals surface area contributed by atoms with E-state index in [-0.39, 0.29) is 29.7 Å². The summed E-state index contributed by atoms with van der Waals surface area (Å²) in [6.45, 7) is 3.22. The lowest BCUT2D eigenvalue weighted by molar-refractivity contribution is -0.142. The first-order valence-corrected chi connectivity index (χ1v) is 8.01. The molecule has 114 valence electrons. The molecule has 6 nitrogen and oxygen atoms in total. The van der Waals surface area contributed by atoms with Crippen LogP contribution in [0.1, 0.15) is 24.2 Å². The van der Waals surface area contributed by atoms with Gasteiger partial charge in [0.25, 0.3) is 0 Å². The maximum Gasteiger partial charge on any atom is 0.308 e. The second-order valence-corrected chi connectivity index (χ2v) is 7.27. The molecule has 1 N–H and O–H groups in total. The van der Waals surface area contributed by atoms with Gasteiger partial charge in [-0.3, -0.25) is 9.59 Å². The van der Waals surface area contributed by atoms with Crippen molar-refractivity contribution in [2.45, 2.75) is 18.7 Å². The van der Waals surface area contributed by atoms with E-state index in [4.69, 9.17) is 5.11 Å². The van der Waals surface area contributed by atoms with Crippen molar-refractivity contribution >= 4 is 21.8 Å². The van der Waals surface area contributed by atoms with E-state index in [0.717, 1.165) is 0 Å². The van der Waals surface area contributed by atoms with E-state index in [0.29, 0.717) is 5.56 Å². The van der Waals surface area contributed by atoms with Crippen LogP contribution in [0.2, 0.25) is 0 Å². The molecule has 1 saturated heterocycles. The lowest BCUT2D eigenvalue weighted by atomic mass is 9.99. The highest BCUT2D eigenvalue weighted by atomic mass is 32.2. The van der Waals surface area contributed by atoms with Gasteiger partial charge in [-0.05, 0) is 25.0 Å². The zero-order valence-electron chi connectivity index (χ0n) is 11.8. The fraction of sp³-hybridized carbons (Fsp3) is 0.429. The average Bonchev–Trinajstić information content (AvgIpc) is 2.82. The Balaban J connectivity index is 2.33. The molecular formula is C14H17NO5S. The Hall–Kier alpha value is -1.73. The fourth-order valence-corrected chi connectivity index (χ4v) is 4.08. The SMILES string of the molecule is CC(=O)c1cccc(S(=O)(=O)N2C[C@@H](C)[C@H](C(=O)O)C2)c1. The Morgan fingerprint density at radius 2 is 1.95 bits per heavy atom. The number of carbonyl (C=O) groups excluding carboxylic acids is 1. The number of benzene rings is 1. The quantitative estimate of drug-likeness (QED) is 0.844. The van der Waals surface area contributed by atoms with Crippen molar-refractivity contribution in [1.29, 1.82) is 0 Å². The van der Waals surface area contributed by atoms with Crippen molar-refractivity contribution < 1.29 is 23.1 Å². The van der Waals surface area contributed by atoms with Crippen LogP contribution in [0.25, 0.3) is 0 Å². The monoisotopic (exact) mass is 311 g/mol. The minimum Gasteiger partial charge on any atom is -0.481 e. The zero-order valence-corrected chi connectivity index (χ0v) is 12.6. The highest BCUT2D eigenvalue weighted by molar-refractivity contribution is 7.89. The Bertz CT molecular complexity index is 682. The molecule has 2 atom stereocenters. The molecule has 0 spiro atoms. The third-order valence-electron chi connectivity index (χ3n) is 3.77. The van der Waals surface area contributed by atoms with Gasteiger partial charge in [0, 0.05) is 18.7 Å². The van der Waals surface area contributed by atoms with Crippen molar-refractivity contribution in [3.63, 3.8) is 0 Å². The standard InChI is InChI=1S/C14H17NO5S/c1-9-7-15(8-13(9)14(17)18)21(19,20)12-5-3-4-11(6-12)10(2)16/h3-6,9,13H,7-8H2,1-2H3,(H,17,18)/t9-,13-/m1/s1. The van der Waals surface area contributed by atoms with Crippen LogP contribution in [0.3, 0.4) is 0 Å². The number of sulfonamides is 1. The normalized spacial score (nSPS) is 23.1. The molecule has 1 aliphatic rings. The van der Waals surface area contributed by atoms with Gasteiger partial charge in [0.15, 0.2) is 5.78 Å². The van der Waals surface area contributed by atoms with E-state index in [9.17, 15) is 18.0 Å². The van der Waals surface area contributed by atoms with Gasteiger partial charge in [-0.1, -0.05) is 19.1 Å². The molecule has 1 aromatic carbocycles. The van der Waals surface area contributed by atoms with Crippen LogP contribution in [-0.2, 0) is 14.8 Å². The summed E-state index contributed by atoms with van der Waals surface area (Å²) in [5, 5.41) is 9.09. The number of carboxylic acids is 1. The number of hydrogen-bond donors (Lipinski definition) is 1. The fourth-order valence-electron chi connectivity index (χ4n) is 2.46. The van der Waals surface area contributed by atoms with Gasteiger partial charge in [0.2, 0.25) is 10.0 Å². The molecule has 2 rings (SSSR count). The van der Waals surface area contributed by atoms with Crippen LogP contribution >= 0.6 is 0 Å². The Morgan fingerprint density at radius 1 is 1.29 bits per heavy atom. The molecule has 0 unspecified atom stereocenters. The van der Waals surface area contributed by atoms with Crippen LogP contribution in [0.15, 0.2) is 29.2 Å². The van der Waals surface area contributed by atoms with E-state index in [1.807, 2.05) is 0 Å². The number of carbonyl (C=O) groups is 2. The summed E-state index contributed by atoms with van der Waals surface area (Å²) in [6.07, 6.45) is 0. The summed E-state index contributed by atoms with van der Waals surface area (Å²) in [5.41, 5.74) is 0.318. The molecule has 7 heteroatoms. The van der Waals surface area contributed by atoms with E-state index in [2.05, 4.69) is 0 Å². The van der Waals surface area contributed by atoms with Gasteiger partial charge < -0.3 is 5.11 Å². The average molecular weight is 311 g/mol. The van der Waals surface area contributed by atoms with Gasteiger partial charge in [0.05, 0.1) is 10.8 Å². The lowest BCUT2D eigenvalue weighted by Crippen LogP contribution is -2.30. The number of rotatable bonds is 4. The molecular weight excluding hydrogens is 294 g/mol. The molecule has 1 aromatic rings. The van der Waals surface area contributed by atoms with Gasteiger partial charge in [-0.25, -0.2) is 8.42 Å². The molecule has 0 amide bonds. The van der Waals surface area contributed by atoms with Crippen molar-refractivity contribution in [2.75, 3.05) is 13.1 Å². The van der Waals surface area contributed by atoms with E-state index < -0.39 is 21.9 Å². The minimum absolute atomic E-state index is 0.0217. The third kappa shape index (κ3) is 2.98. The van der Waals surface area contributed by atoms with Crippen LogP contribution in [0.4, 0.5) is 0 Å². The van der Waals surface area contributed by atoms with Crippen molar-refractivity contribution in [3.8, 4) is 0 Å². The molecule has 0 aromatic heterocycles. The summed E-state index contributed by atoms with van der Waals surface area (Å²) < 4.78 is 26.3. The van der Waals surface area contributed by atoms with Gasteiger partial charge in [-0.15, -0.1) is 0 Å². The summed E-state index contributed by atoms with van der Waals surface area (Å²) >= 11 is 0. The minimum atomic E-state index is -3.78.